The summed E-state index contributed by atoms with van der Waals surface area (Å²) in [7, 11) is -4.02. The number of benzene rings is 2. The number of nitrogens with zero attached hydrogens (tertiary/aromatic N) is 1. The van der Waals surface area contributed by atoms with Gasteiger partial charge in [-0.2, -0.15) is 12.7 Å². The van der Waals surface area contributed by atoms with Gasteiger partial charge in [0.25, 0.3) is 0 Å². The summed E-state index contributed by atoms with van der Waals surface area (Å²) in [5.74, 6) is -0.481. The van der Waals surface area contributed by atoms with Crippen molar-refractivity contribution in [2.24, 2.45) is 0 Å². The van der Waals surface area contributed by atoms with E-state index in [1.54, 1.807) is 42.5 Å². The number of fused-ring (bicyclic) bond motifs is 1. The first-order chi connectivity index (χ1) is 9.97. The molecule has 1 aliphatic heterocycles. The van der Waals surface area contributed by atoms with Crippen LogP contribution in [0.5, 0.6) is 0 Å². The lowest BCUT2D eigenvalue weighted by Gasteiger charge is -2.18. The van der Waals surface area contributed by atoms with Gasteiger partial charge in [0, 0.05) is 5.02 Å². The van der Waals surface area contributed by atoms with Crippen molar-refractivity contribution < 1.29 is 13.2 Å². The molecular formula is C14H11ClN2O3S. The number of anilines is 2. The lowest BCUT2D eigenvalue weighted by Crippen LogP contribution is -2.38. The van der Waals surface area contributed by atoms with E-state index in [-0.39, 0.29) is 6.42 Å². The molecule has 0 aliphatic carbocycles. The largest absolute Gasteiger partial charge is 0.330 e. The molecule has 1 N–H and O–H groups in total. The van der Waals surface area contributed by atoms with Crippen LogP contribution < -0.4 is 9.03 Å². The van der Waals surface area contributed by atoms with E-state index in [1.807, 2.05) is 0 Å². The van der Waals surface area contributed by atoms with E-state index in [0.29, 0.717) is 22.0 Å². The average Bonchev–Trinajstić information content (AvgIpc) is 2.74. The summed E-state index contributed by atoms with van der Waals surface area (Å²) in [4.78, 5) is 12.0. The molecule has 0 aromatic heterocycles. The highest BCUT2D eigenvalue weighted by Crippen LogP contribution is 2.31. The van der Waals surface area contributed by atoms with Crippen molar-refractivity contribution in [2.45, 2.75) is 6.42 Å². The van der Waals surface area contributed by atoms with Crippen molar-refractivity contribution in [3.05, 3.63) is 59.1 Å². The molecular weight excluding hydrogens is 312 g/mol. The molecule has 0 saturated carbocycles. The number of rotatable bonds is 3. The van der Waals surface area contributed by atoms with Crippen LogP contribution >= 0.6 is 11.6 Å². The number of para-hydroxylation sites is 1. The van der Waals surface area contributed by atoms with Gasteiger partial charge in [-0.3, -0.25) is 9.52 Å². The number of hydrogen-bond donors (Lipinski definition) is 1. The Balaban J connectivity index is 1.97. The van der Waals surface area contributed by atoms with Crippen LogP contribution in [-0.4, -0.2) is 14.3 Å². The van der Waals surface area contributed by atoms with Crippen molar-refractivity contribution in [2.75, 3.05) is 9.03 Å². The molecule has 3 rings (SSSR count). The normalized spacial score (nSPS) is 14.1. The maximum absolute atomic E-state index is 12.4. The summed E-state index contributed by atoms with van der Waals surface area (Å²) in [5, 5.41) is 0.406. The number of nitrogens with one attached hydrogen (secondary N) is 1. The first kappa shape index (κ1) is 13.9. The summed E-state index contributed by atoms with van der Waals surface area (Å²) in [6.45, 7) is 0. The van der Waals surface area contributed by atoms with Gasteiger partial charge in [0.1, 0.15) is 0 Å². The van der Waals surface area contributed by atoms with E-state index in [1.165, 1.54) is 6.07 Å². The quantitative estimate of drug-likeness (QED) is 0.944. The number of hydrogen-bond acceptors (Lipinski definition) is 3. The Labute approximate surface area is 127 Å². The molecule has 0 atom stereocenters. The highest BCUT2D eigenvalue weighted by atomic mass is 35.5. The van der Waals surface area contributed by atoms with Crippen molar-refractivity contribution in [3.63, 3.8) is 0 Å². The molecule has 7 heteroatoms. The lowest BCUT2D eigenvalue weighted by atomic mass is 10.2. The predicted molar refractivity (Wildman–Crippen MR) is 81.6 cm³/mol. The molecule has 5 nitrogen and oxygen atoms in total. The molecule has 2 aromatic rings. The molecule has 1 aliphatic rings. The van der Waals surface area contributed by atoms with Crippen LogP contribution in [0.25, 0.3) is 0 Å². The van der Waals surface area contributed by atoms with Crippen LogP contribution in [0, 0.1) is 0 Å². The molecule has 1 amide bonds. The zero-order chi connectivity index (χ0) is 15.0. The fourth-order valence-corrected chi connectivity index (χ4v) is 3.71. The van der Waals surface area contributed by atoms with Crippen LogP contribution in [-0.2, 0) is 21.4 Å². The van der Waals surface area contributed by atoms with Crippen LogP contribution in [0.4, 0.5) is 11.4 Å². The summed E-state index contributed by atoms with van der Waals surface area (Å²) in [5.41, 5.74) is 1.38. The van der Waals surface area contributed by atoms with Gasteiger partial charge < -0.3 is 0 Å². The van der Waals surface area contributed by atoms with Gasteiger partial charge in [0.05, 0.1) is 17.8 Å². The summed E-state index contributed by atoms with van der Waals surface area (Å²) in [6.07, 6.45) is 0.0760. The third-order valence-corrected chi connectivity index (χ3v) is 4.70. The molecule has 0 radical (unpaired) electrons. The fraction of sp³-hybridized carbons (Fsp3) is 0.0714. The van der Waals surface area contributed by atoms with Crippen molar-refractivity contribution in [1.29, 1.82) is 0 Å². The first-order valence-electron chi connectivity index (χ1n) is 6.17. The summed E-state index contributed by atoms with van der Waals surface area (Å²) >= 11 is 5.83. The molecule has 0 unspecified atom stereocenters. The molecule has 1 heterocycles. The van der Waals surface area contributed by atoms with Crippen molar-refractivity contribution >= 4 is 39.1 Å². The Morgan fingerprint density at radius 2 is 1.86 bits per heavy atom. The Kier molecular flexibility index (Phi) is 3.35. The maximum Gasteiger partial charge on any atom is 0.330 e. The monoisotopic (exact) mass is 322 g/mol. The fourth-order valence-electron chi connectivity index (χ4n) is 2.24. The van der Waals surface area contributed by atoms with Gasteiger partial charge in [-0.25, -0.2) is 0 Å². The van der Waals surface area contributed by atoms with E-state index in [0.717, 1.165) is 4.31 Å². The molecule has 108 valence electrons. The van der Waals surface area contributed by atoms with Gasteiger partial charge >= 0.3 is 10.2 Å². The minimum Gasteiger partial charge on any atom is -0.273 e. The number of carbonyl (C=O) groups is 1. The van der Waals surface area contributed by atoms with E-state index >= 15 is 0 Å². The Morgan fingerprint density at radius 3 is 2.62 bits per heavy atom. The van der Waals surface area contributed by atoms with E-state index in [9.17, 15) is 13.2 Å². The van der Waals surface area contributed by atoms with E-state index < -0.39 is 16.1 Å². The van der Waals surface area contributed by atoms with E-state index in [2.05, 4.69) is 4.72 Å². The predicted octanol–water partition coefficient (Wildman–Crippen LogP) is 2.59. The maximum atomic E-state index is 12.4. The Bertz CT molecular complexity index is 820. The summed E-state index contributed by atoms with van der Waals surface area (Å²) in [6, 6.07) is 13.1. The zero-order valence-corrected chi connectivity index (χ0v) is 12.4. The Morgan fingerprint density at radius 1 is 1.10 bits per heavy atom. The van der Waals surface area contributed by atoms with Gasteiger partial charge in [-0.15, -0.1) is 0 Å². The molecule has 2 aromatic carbocycles. The zero-order valence-electron chi connectivity index (χ0n) is 10.8. The first-order valence-corrected chi connectivity index (χ1v) is 7.98. The van der Waals surface area contributed by atoms with Crippen LogP contribution in [0.15, 0.2) is 48.5 Å². The smallest absolute Gasteiger partial charge is 0.273 e. The Hall–Kier alpha value is -2.05. The van der Waals surface area contributed by atoms with Gasteiger partial charge in [-0.05, 0) is 29.8 Å². The molecule has 0 saturated heterocycles. The van der Waals surface area contributed by atoms with Gasteiger partial charge in [-0.1, -0.05) is 35.9 Å². The second-order valence-electron chi connectivity index (χ2n) is 4.58. The third-order valence-electron chi connectivity index (χ3n) is 3.09. The van der Waals surface area contributed by atoms with Crippen LogP contribution in [0.3, 0.4) is 0 Å². The second-order valence-corrected chi connectivity index (χ2v) is 6.54. The second kappa shape index (κ2) is 5.05. The van der Waals surface area contributed by atoms with Gasteiger partial charge in [0.15, 0.2) is 0 Å². The highest BCUT2D eigenvalue weighted by molar-refractivity contribution is 7.94. The SMILES string of the molecule is O=C1Cc2ccccc2N1S(=O)(=O)Nc1cccc(Cl)c1. The van der Waals surface area contributed by atoms with Crippen LogP contribution in [0.2, 0.25) is 5.02 Å². The number of amides is 1. The van der Waals surface area contributed by atoms with Gasteiger partial charge in [0.2, 0.25) is 5.91 Å². The minimum atomic E-state index is -4.02. The topological polar surface area (TPSA) is 66.5 Å². The van der Waals surface area contributed by atoms with Crippen molar-refractivity contribution in [3.8, 4) is 0 Å². The molecule has 0 spiro atoms. The van der Waals surface area contributed by atoms with Crippen molar-refractivity contribution in [1.82, 2.24) is 0 Å². The standard InChI is InChI=1S/C14H11ClN2O3S/c15-11-5-3-6-12(9-11)16-21(19,20)17-13-7-2-1-4-10(13)8-14(17)18/h1-7,9,16H,8H2. The minimum absolute atomic E-state index is 0.0760. The number of halogens is 1. The average molecular weight is 323 g/mol. The van der Waals surface area contributed by atoms with Crippen LogP contribution in [0.1, 0.15) is 5.56 Å². The lowest BCUT2D eigenvalue weighted by molar-refractivity contribution is -0.116. The van der Waals surface area contributed by atoms with E-state index in [4.69, 9.17) is 11.6 Å². The molecule has 0 fully saturated rings. The molecule has 0 bridgehead atoms. The highest BCUT2D eigenvalue weighted by Gasteiger charge is 2.36. The number of carbonyl (C=O) groups excluding carboxylic acids is 1. The molecule has 21 heavy (non-hydrogen) atoms. The summed E-state index contributed by atoms with van der Waals surface area (Å²) < 4.78 is 28.0. The third kappa shape index (κ3) is 2.59.